The van der Waals surface area contributed by atoms with E-state index in [1.54, 1.807) is 0 Å². The van der Waals surface area contributed by atoms with Gasteiger partial charge in [0.25, 0.3) is 0 Å². The molecule has 0 unspecified atom stereocenters. The molecule has 212 valence electrons. The normalized spacial score (nSPS) is 12.6. The van der Waals surface area contributed by atoms with Crippen LogP contribution in [0.2, 0.25) is 10.0 Å². The van der Waals surface area contributed by atoms with Gasteiger partial charge in [-0.3, -0.25) is 6.08 Å². The van der Waals surface area contributed by atoms with Crippen LogP contribution in [0.1, 0.15) is 70.2 Å². The van der Waals surface area contributed by atoms with E-state index in [9.17, 15) is 0 Å². The molecule has 42 heavy (non-hydrogen) atoms. The first-order valence-corrected chi connectivity index (χ1v) is 16.3. The maximum Gasteiger partial charge on any atom is -0.109 e. The molecule has 0 fully saturated rings. The Morgan fingerprint density at radius 2 is 1.10 bits per heavy atom. The number of fused-ring (bicyclic) bond motifs is 3. The number of hydrogen-bond acceptors (Lipinski definition) is 0. The molecular weight excluding hydrogens is 631 g/mol. The second-order valence-electron chi connectivity index (χ2n) is 12.6. The zero-order valence-electron chi connectivity index (χ0n) is 25.4. The van der Waals surface area contributed by atoms with E-state index in [0.29, 0.717) is 0 Å². The maximum absolute atomic E-state index is 5.86. The summed E-state index contributed by atoms with van der Waals surface area (Å²) in [5, 5.41) is 7.02. The van der Waals surface area contributed by atoms with Crippen molar-refractivity contribution < 1.29 is 24.2 Å². The van der Waals surface area contributed by atoms with Crippen LogP contribution >= 0.6 is 23.2 Å². The van der Waals surface area contributed by atoms with Crippen molar-refractivity contribution in [1.29, 1.82) is 0 Å². The molecule has 0 saturated carbocycles. The molecule has 1 aliphatic carbocycles. The molecule has 0 N–H and O–H groups in total. The third-order valence-electron chi connectivity index (χ3n) is 7.29. The van der Waals surface area contributed by atoms with E-state index >= 15 is 0 Å². The molecule has 0 radical (unpaired) electrons. The fourth-order valence-electron chi connectivity index (χ4n) is 4.67. The molecule has 0 aliphatic heterocycles. The minimum absolute atomic E-state index is 0.194. The molecule has 0 heterocycles. The van der Waals surface area contributed by atoms with Crippen LogP contribution in [0, 0.1) is 6.08 Å². The van der Waals surface area contributed by atoms with Gasteiger partial charge in [0.2, 0.25) is 0 Å². The Hall–Kier alpha value is -2.44. The third kappa shape index (κ3) is 8.57. The Kier molecular flexibility index (Phi) is 10.7. The van der Waals surface area contributed by atoms with Gasteiger partial charge in [-0.2, -0.15) is 6.08 Å². The monoisotopic (exact) mass is 666 g/mol. The molecule has 6 rings (SSSR count). The largest absolute Gasteiger partial charge is 0.273 e. The minimum atomic E-state index is 0.194. The van der Waals surface area contributed by atoms with Crippen molar-refractivity contribution in [2.45, 2.75) is 58.8 Å². The van der Waals surface area contributed by atoms with Gasteiger partial charge in [-0.05, 0) is 10.8 Å². The summed E-state index contributed by atoms with van der Waals surface area (Å²) < 4.78 is 1.31. The molecule has 5 aromatic carbocycles. The van der Waals surface area contributed by atoms with Crippen LogP contribution in [0.3, 0.4) is 0 Å². The van der Waals surface area contributed by atoms with Gasteiger partial charge in [-0.1, -0.05) is 76.9 Å². The van der Waals surface area contributed by atoms with Crippen LogP contribution in [0.25, 0.3) is 21.5 Å². The summed E-state index contributed by atoms with van der Waals surface area (Å²) in [6.07, 6.45) is 10.0. The van der Waals surface area contributed by atoms with E-state index in [1.807, 2.05) is 60.7 Å². The molecule has 0 saturated heterocycles. The molecular formula is C39H38Cl2Zr. The van der Waals surface area contributed by atoms with Crippen LogP contribution in [-0.2, 0) is 35.1 Å². The zero-order chi connectivity index (χ0) is 30.5. The van der Waals surface area contributed by atoms with Crippen molar-refractivity contribution in [3.63, 3.8) is 0 Å². The van der Waals surface area contributed by atoms with Crippen molar-refractivity contribution in [1.82, 2.24) is 0 Å². The van der Waals surface area contributed by atoms with E-state index in [1.165, 1.54) is 71.2 Å². The first kappa shape index (κ1) is 32.5. The van der Waals surface area contributed by atoms with E-state index in [-0.39, 0.29) is 10.8 Å². The van der Waals surface area contributed by atoms with Gasteiger partial charge in [0, 0.05) is 0 Å². The summed E-state index contributed by atoms with van der Waals surface area (Å²) >= 11 is 13.1. The molecule has 0 nitrogen and oxygen atoms in total. The van der Waals surface area contributed by atoms with Gasteiger partial charge in [0.15, 0.2) is 0 Å². The van der Waals surface area contributed by atoms with Gasteiger partial charge in [-0.25, -0.2) is 12.2 Å². The maximum atomic E-state index is 5.86. The Morgan fingerprint density at radius 1 is 0.667 bits per heavy atom. The fourth-order valence-corrected chi connectivity index (χ4v) is 5.74. The third-order valence-corrected chi connectivity index (χ3v) is 9.21. The van der Waals surface area contributed by atoms with Crippen molar-refractivity contribution in [2.24, 2.45) is 0 Å². The number of hydrogen-bond donors (Lipinski definition) is 0. The molecule has 0 spiro atoms. The predicted octanol–water partition coefficient (Wildman–Crippen LogP) is 11.7. The molecule has 5 aromatic rings. The summed E-state index contributed by atoms with van der Waals surface area (Å²) in [7, 11) is 0. The van der Waals surface area contributed by atoms with Gasteiger partial charge in [-0.15, -0.1) is 46.2 Å². The smallest absolute Gasteiger partial charge is 0.109 e. The number of allylic oxidation sites excluding steroid dienone is 4. The van der Waals surface area contributed by atoms with Crippen LogP contribution in [-0.4, -0.2) is 3.21 Å². The standard InChI is InChI=1S/C21H25.C13H8Cl2.C5H5.Zr/c1-20(2,3)16-9-7-14-11-15-8-10-17(21(4,5)6)13-19(15)18(14)12-16;14-12-5-1-10(2-6-12)9-11-3-7-13(15)8-4-11;1-2-4-5-3-1;/h7-13H,1-6H3;1-8H;1-3H,4H2;/q-1;;-1;+2. The van der Waals surface area contributed by atoms with Gasteiger partial charge in [0.05, 0.1) is 0 Å². The van der Waals surface area contributed by atoms with Crippen LogP contribution in [0.4, 0.5) is 0 Å². The van der Waals surface area contributed by atoms with Gasteiger partial charge < -0.3 is 0 Å². The summed E-state index contributed by atoms with van der Waals surface area (Å²) in [6.45, 7) is 13.7. The molecule has 0 bridgehead atoms. The molecule has 0 atom stereocenters. The van der Waals surface area contributed by atoms with E-state index < -0.39 is 0 Å². The summed E-state index contributed by atoms with van der Waals surface area (Å²) in [5.74, 6) is 0. The zero-order valence-corrected chi connectivity index (χ0v) is 29.3. The summed E-state index contributed by atoms with van der Waals surface area (Å²) in [5.41, 5.74) is 5.63. The van der Waals surface area contributed by atoms with Crippen LogP contribution in [0.5, 0.6) is 0 Å². The topological polar surface area (TPSA) is 0 Å². The van der Waals surface area contributed by atoms with Crippen molar-refractivity contribution in [3.05, 3.63) is 148 Å². The quantitative estimate of drug-likeness (QED) is 0.164. The van der Waals surface area contributed by atoms with Crippen LogP contribution in [0.15, 0.2) is 109 Å². The fraction of sp³-hybridized carbons (Fsp3) is 0.231. The second kappa shape index (κ2) is 13.9. The van der Waals surface area contributed by atoms with Gasteiger partial charge in [0.1, 0.15) is 0 Å². The van der Waals surface area contributed by atoms with Crippen LogP contribution < -0.4 is 0 Å². The van der Waals surface area contributed by atoms with Crippen molar-refractivity contribution in [3.8, 4) is 0 Å². The predicted molar refractivity (Wildman–Crippen MR) is 182 cm³/mol. The molecule has 3 heteroatoms. The minimum Gasteiger partial charge on any atom is -0.273 e. The number of benzene rings is 4. The van der Waals surface area contributed by atoms with Crippen molar-refractivity contribution in [2.75, 3.05) is 0 Å². The number of halogens is 2. The first-order valence-electron chi connectivity index (χ1n) is 14.3. The molecule has 0 amide bonds. The summed E-state index contributed by atoms with van der Waals surface area (Å²) in [4.78, 5) is 0. The Bertz CT molecular complexity index is 1590. The van der Waals surface area contributed by atoms with Crippen molar-refractivity contribution >= 4 is 48.0 Å². The SMILES string of the molecule is CC(C)(C)c1ccc2[cH-]c3ccc(C(C)(C)C)cc3c2c1.Clc1ccc([C](=[Zr+2])c2ccc(Cl)cc2)cc1.[C-]1=CC=CC1. The van der Waals surface area contributed by atoms with E-state index in [0.717, 1.165) is 16.5 Å². The summed E-state index contributed by atoms with van der Waals surface area (Å²) in [6, 6.07) is 32.0. The second-order valence-corrected chi connectivity index (χ2v) is 14.7. The first-order chi connectivity index (χ1) is 19.8. The van der Waals surface area contributed by atoms with E-state index in [2.05, 4.69) is 96.2 Å². The van der Waals surface area contributed by atoms with Gasteiger partial charge >= 0.3 is 120 Å². The Morgan fingerprint density at radius 3 is 1.40 bits per heavy atom. The average Bonchev–Trinajstić information content (AvgIpc) is 3.64. The van der Waals surface area contributed by atoms with E-state index in [4.69, 9.17) is 23.2 Å². The molecule has 0 aromatic heterocycles. The average molecular weight is 669 g/mol. The number of rotatable bonds is 2. The Labute approximate surface area is 276 Å². The Balaban J connectivity index is 0.000000170. The molecule has 1 aliphatic rings.